The molecule has 0 spiro atoms. The molecule has 4 nitrogen and oxygen atoms in total. The highest BCUT2D eigenvalue weighted by molar-refractivity contribution is 5.97. The molecule has 0 saturated carbocycles. The lowest BCUT2D eigenvalue weighted by Gasteiger charge is -2.13. The molecular weight excluding hydrogens is 192 g/mol. The monoisotopic (exact) mass is 208 g/mol. The molecule has 0 aromatic heterocycles. The van der Waals surface area contributed by atoms with Gasteiger partial charge in [-0.25, -0.2) is 0 Å². The fourth-order valence-corrected chi connectivity index (χ4v) is 1.42. The van der Waals surface area contributed by atoms with Crippen LogP contribution < -0.4 is 16.2 Å². The molecule has 15 heavy (non-hydrogen) atoms. The molecule has 82 valence electrons. The Hall–Kier alpha value is -1.71. The molecule has 0 aliphatic carbocycles. The molecule has 1 rings (SSSR count). The van der Waals surface area contributed by atoms with Crippen LogP contribution in [0.15, 0.2) is 12.1 Å². The summed E-state index contributed by atoms with van der Waals surface area (Å²) in [4.78, 5) is 11.2. The summed E-state index contributed by atoms with van der Waals surface area (Å²) in [7, 11) is 1.47. The van der Waals surface area contributed by atoms with Gasteiger partial charge in [0.2, 0.25) is 0 Å². The molecule has 1 aromatic rings. The molecule has 0 fully saturated rings. The summed E-state index contributed by atoms with van der Waals surface area (Å²) in [5.41, 5.74) is 12.8. The highest BCUT2D eigenvalue weighted by Crippen LogP contribution is 2.30. The van der Waals surface area contributed by atoms with Gasteiger partial charge in [0.15, 0.2) is 5.75 Å². The third kappa shape index (κ3) is 2.21. The van der Waals surface area contributed by atoms with Crippen LogP contribution in [0.25, 0.3) is 0 Å². The standard InChI is InChI=1S/C11H16N2O2/c1-6(2)7-4-8(11(13)14)10(15-3)9(12)5-7/h4-6H,12H2,1-3H3,(H2,13,14). The maximum Gasteiger partial charge on any atom is 0.252 e. The molecule has 0 bridgehead atoms. The number of nitrogens with two attached hydrogens (primary N) is 2. The first-order valence-electron chi connectivity index (χ1n) is 4.74. The van der Waals surface area contributed by atoms with Gasteiger partial charge < -0.3 is 16.2 Å². The third-order valence-corrected chi connectivity index (χ3v) is 2.28. The predicted octanol–water partition coefficient (Wildman–Crippen LogP) is 1.50. The van der Waals surface area contributed by atoms with Gasteiger partial charge in [-0.3, -0.25) is 4.79 Å². The van der Waals surface area contributed by atoms with Crippen molar-refractivity contribution < 1.29 is 9.53 Å². The minimum absolute atomic E-state index is 0.288. The number of nitrogen functional groups attached to an aromatic ring is 1. The number of benzene rings is 1. The highest BCUT2D eigenvalue weighted by Gasteiger charge is 2.14. The van der Waals surface area contributed by atoms with Crippen molar-refractivity contribution in [2.45, 2.75) is 19.8 Å². The van der Waals surface area contributed by atoms with Gasteiger partial charge in [0.05, 0.1) is 18.4 Å². The van der Waals surface area contributed by atoms with E-state index in [1.54, 1.807) is 12.1 Å². The SMILES string of the molecule is COc1c(N)cc(C(C)C)cc1C(N)=O. The highest BCUT2D eigenvalue weighted by atomic mass is 16.5. The quantitative estimate of drug-likeness (QED) is 0.739. The fourth-order valence-electron chi connectivity index (χ4n) is 1.42. The number of carbonyl (C=O) groups is 1. The zero-order valence-electron chi connectivity index (χ0n) is 9.20. The third-order valence-electron chi connectivity index (χ3n) is 2.28. The lowest BCUT2D eigenvalue weighted by atomic mass is 9.99. The van der Waals surface area contributed by atoms with Crippen molar-refractivity contribution in [1.29, 1.82) is 0 Å². The van der Waals surface area contributed by atoms with E-state index < -0.39 is 5.91 Å². The Morgan fingerprint density at radius 2 is 2.00 bits per heavy atom. The van der Waals surface area contributed by atoms with Gasteiger partial charge in [-0.2, -0.15) is 0 Å². The molecule has 1 aromatic carbocycles. The van der Waals surface area contributed by atoms with Crippen molar-refractivity contribution in [2.75, 3.05) is 12.8 Å². The number of hydrogen-bond donors (Lipinski definition) is 2. The minimum Gasteiger partial charge on any atom is -0.494 e. The first kappa shape index (κ1) is 11.4. The second-order valence-corrected chi connectivity index (χ2v) is 3.71. The van der Waals surface area contributed by atoms with Gasteiger partial charge in [0, 0.05) is 0 Å². The summed E-state index contributed by atoms with van der Waals surface area (Å²) in [5.74, 6) is 0.115. The topological polar surface area (TPSA) is 78.3 Å². The number of rotatable bonds is 3. The Labute approximate surface area is 89.2 Å². The van der Waals surface area contributed by atoms with E-state index in [4.69, 9.17) is 16.2 Å². The zero-order chi connectivity index (χ0) is 11.6. The number of amides is 1. The lowest BCUT2D eigenvalue weighted by molar-refractivity contribution is 0.0997. The molecule has 4 N–H and O–H groups in total. The Bertz CT molecular complexity index is 386. The molecule has 0 radical (unpaired) electrons. The number of hydrogen-bond acceptors (Lipinski definition) is 3. The van der Waals surface area contributed by atoms with Crippen molar-refractivity contribution >= 4 is 11.6 Å². The van der Waals surface area contributed by atoms with Crippen molar-refractivity contribution in [2.24, 2.45) is 5.73 Å². The smallest absolute Gasteiger partial charge is 0.252 e. The van der Waals surface area contributed by atoms with Crippen molar-refractivity contribution in [3.63, 3.8) is 0 Å². The van der Waals surface area contributed by atoms with E-state index in [1.807, 2.05) is 13.8 Å². The van der Waals surface area contributed by atoms with Crippen molar-refractivity contribution in [1.82, 2.24) is 0 Å². The number of carbonyl (C=O) groups excluding carboxylic acids is 1. The molecule has 0 atom stereocenters. The van der Waals surface area contributed by atoms with Crippen LogP contribution in [0.1, 0.15) is 35.7 Å². The number of ether oxygens (including phenoxy) is 1. The van der Waals surface area contributed by atoms with Crippen LogP contribution in [-0.4, -0.2) is 13.0 Å². The van der Waals surface area contributed by atoms with E-state index in [9.17, 15) is 4.79 Å². The summed E-state index contributed by atoms with van der Waals surface area (Å²) in [6.07, 6.45) is 0. The van der Waals surface area contributed by atoms with Crippen LogP contribution in [-0.2, 0) is 0 Å². The Kier molecular flexibility index (Phi) is 3.19. The maximum atomic E-state index is 11.2. The average molecular weight is 208 g/mol. The van der Waals surface area contributed by atoms with E-state index >= 15 is 0 Å². The molecule has 0 aliphatic heterocycles. The summed E-state index contributed by atoms with van der Waals surface area (Å²) in [5, 5.41) is 0. The van der Waals surface area contributed by atoms with E-state index in [-0.39, 0.29) is 5.92 Å². The van der Waals surface area contributed by atoms with Gasteiger partial charge in [-0.05, 0) is 23.6 Å². The Morgan fingerprint density at radius 3 is 2.40 bits per heavy atom. The molecule has 0 aliphatic rings. The second-order valence-electron chi connectivity index (χ2n) is 3.71. The summed E-state index contributed by atoms with van der Waals surface area (Å²) >= 11 is 0. The average Bonchev–Trinajstić information content (AvgIpc) is 2.16. The van der Waals surface area contributed by atoms with E-state index in [0.717, 1.165) is 5.56 Å². The van der Waals surface area contributed by atoms with Gasteiger partial charge in [-0.1, -0.05) is 13.8 Å². The second kappa shape index (κ2) is 4.21. The predicted molar refractivity (Wildman–Crippen MR) is 60.0 cm³/mol. The summed E-state index contributed by atoms with van der Waals surface area (Å²) in [6.45, 7) is 4.04. The van der Waals surface area contributed by atoms with E-state index in [0.29, 0.717) is 17.0 Å². The Balaban J connectivity index is 3.38. The van der Waals surface area contributed by atoms with Gasteiger partial charge >= 0.3 is 0 Å². The van der Waals surface area contributed by atoms with Crippen LogP contribution in [0.5, 0.6) is 5.75 Å². The summed E-state index contributed by atoms with van der Waals surface area (Å²) < 4.78 is 5.05. The molecule has 0 heterocycles. The Morgan fingerprint density at radius 1 is 1.40 bits per heavy atom. The van der Waals surface area contributed by atoms with Crippen molar-refractivity contribution in [3.8, 4) is 5.75 Å². The van der Waals surface area contributed by atoms with Crippen LogP contribution in [0, 0.1) is 0 Å². The maximum absolute atomic E-state index is 11.2. The number of methoxy groups -OCH3 is 1. The molecular formula is C11H16N2O2. The lowest BCUT2D eigenvalue weighted by Crippen LogP contribution is -2.14. The molecule has 0 unspecified atom stereocenters. The largest absolute Gasteiger partial charge is 0.494 e. The first-order valence-corrected chi connectivity index (χ1v) is 4.74. The van der Waals surface area contributed by atoms with Gasteiger partial charge in [-0.15, -0.1) is 0 Å². The zero-order valence-corrected chi connectivity index (χ0v) is 9.20. The van der Waals surface area contributed by atoms with Crippen LogP contribution >= 0.6 is 0 Å². The van der Waals surface area contributed by atoms with Crippen LogP contribution in [0.4, 0.5) is 5.69 Å². The summed E-state index contributed by atoms with van der Waals surface area (Å²) in [6, 6.07) is 3.53. The minimum atomic E-state index is -0.527. The normalized spacial score (nSPS) is 10.4. The van der Waals surface area contributed by atoms with E-state index in [2.05, 4.69) is 0 Å². The van der Waals surface area contributed by atoms with Crippen LogP contribution in [0.2, 0.25) is 0 Å². The number of anilines is 1. The molecule has 1 amide bonds. The molecule has 4 heteroatoms. The van der Waals surface area contributed by atoms with Gasteiger partial charge in [0.1, 0.15) is 0 Å². The van der Waals surface area contributed by atoms with Crippen LogP contribution in [0.3, 0.4) is 0 Å². The van der Waals surface area contributed by atoms with Crippen molar-refractivity contribution in [3.05, 3.63) is 23.3 Å². The first-order chi connectivity index (χ1) is 6.97. The van der Waals surface area contributed by atoms with E-state index in [1.165, 1.54) is 7.11 Å². The van der Waals surface area contributed by atoms with Gasteiger partial charge in [0.25, 0.3) is 5.91 Å². The number of primary amides is 1. The fraction of sp³-hybridized carbons (Fsp3) is 0.364. The molecule has 0 saturated heterocycles.